The molecular weight excluding hydrogens is 528 g/mol. The second kappa shape index (κ2) is 12.3. The molecule has 1 aliphatic rings. The van der Waals surface area contributed by atoms with Gasteiger partial charge in [0.05, 0.1) is 12.0 Å². The van der Waals surface area contributed by atoms with Gasteiger partial charge in [-0.25, -0.2) is 0 Å². The van der Waals surface area contributed by atoms with Crippen LogP contribution in [-0.2, 0) is 16.0 Å². The maximum absolute atomic E-state index is 13.0. The third kappa shape index (κ3) is 6.71. The molecule has 0 bridgehead atoms. The maximum atomic E-state index is 13.0. The Labute approximate surface area is 230 Å². The van der Waals surface area contributed by atoms with E-state index in [1.165, 1.54) is 18.9 Å². The van der Waals surface area contributed by atoms with Crippen LogP contribution in [-0.4, -0.2) is 41.3 Å². The molecule has 190 valence electrons. The number of nitrogens with one attached hydrogen (secondary N) is 1. The molecule has 0 saturated carbocycles. The molecule has 1 aliphatic heterocycles. The van der Waals surface area contributed by atoms with Crippen molar-refractivity contribution in [3.8, 4) is 11.5 Å². The molecule has 2 amide bonds. The Bertz CT molecular complexity index is 1360. The Hall–Kier alpha value is -3.33. The molecule has 0 radical (unpaired) electrons. The number of benzene rings is 3. The molecule has 0 spiro atoms. The summed E-state index contributed by atoms with van der Waals surface area (Å²) in [5, 5.41) is 3.37. The summed E-state index contributed by atoms with van der Waals surface area (Å²) in [5.74, 6) is 0.418. The fraction of sp³-hybridized carbons (Fsp3) is 0.179. The van der Waals surface area contributed by atoms with Gasteiger partial charge in [0, 0.05) is 17.3 Å². The summed E-state index contributed by atoms with van der Waals surface area (Å²) in [5.41, 5.74) is 3.32. The number of nitrogens with zero attached hydrogens (tertiary/aromatic N) is 1. The predicted molar refractivity (Wildman–Crippen MR) is 153 cm³/mol. The standard InChI is InChI=1S/C28H25ClN2O4S2/c1-18-21(29)9-6-10-22(18)30-26(32)17-35-23-12-11-20(15-24(23)34-2)16-25-27(33)31(28(36)37-25)14-13-19-7-4-3-5-8-19/h3-12,15-16H,13-14,17H2,1-2H3,(H,30,32)/b25-16-. The van der Waals surface area contributed by atoms with Crippen LogP contribution in [0.2, 0.25) is 5.02 Å². The molecule has 9 heteroatoms. The molecule has 1 N–H and O–H groups in total. The number of thiocarbonyl (C=S) groups is 1. The SMILES string of the molecule is COc1cc(/C=C2\SC(=S)N(CCc3ccccc3)C2=O)ccc1OCC(=O)Nc1cccc(Cl)c1C. The summed E-state index contributed by atoms with van der Waals surface area (Å²) in [6.45, 7) is 2.15. The first-order valence-electron chi connectivity index (χ1n) is 11.5. The Kier molecular flexibility index (Phi) is 8.87. The van der Waals surface area contributed by atoms with Gasteiger partial charge in [-0.15, -0.1) is 0 Å². The molecule has 0 aromatic heterocycles. The maximum Gasteiger partial charge on any atom is 0.266 e. The molecular formula is C28H25ClN2O4S2. The quantitative estimate of drug-likeness (QED) is 0.255. The third-order valence-corrected chi connectivity index (χ3v) is 7.51. The van der Waals surface area contributed by atoms with E-state index in [2.05, 4.69) is 5.32 Å². The zero-order chi connectivity index (χ0) is 26.4. The normalized spacial score (nSPS) is 14.2. The van der Waals surface area contributed by atoms with Crippen LogP contribution >= 0.6 is 35.6 Å². The second-order valence-corrected chi connectivity index (χ2v) is 10.3. The van der Waals surface area contributed by atoms with E-state index in [-0.39, 0.29) is 18.4 Å². The molecule has 1 fully saturated rings. The van der Waals surface area contributed by atoms with Crippen LogP contribution in [0.4, 0.5) is 5.69 Å². The molecule has 0 unspecified atom stereocenters. The van der Waals surface area contributed by atoms with Crippen molar-refractivity contribution in [2.75, 3.05) is 25.6 Å². The number of thioether (sulfide) groups is 1. The highest BCUT2D eigenvalue weighted by Crippen LogP contribution is 2.35. The van der Waals surface area contributed by atoms with Gasteiger partial charge in [0.1, 0.15) is 4.32 Å². The monoisotopic (exact) mass is 552 g/mol. The number of ether oxygens (including phenoxy) is 2. The van der Waals surface area contributed by atoms with Gasteiger partial charge < -0.3 is 14.8 Å². The average molecular weight is 553 g/mol. The number of rotatable bonds is 9. The number of carbonyl (C=O) groups is 2. The topological polar surface area (TPSA) is 67.9 Å². The highest BCUT2D eigenvalue weighted by molar-refractivity contribution is 8.26. The summed E-state index contributed by atoms with van der Waals surface area (Å²) in [6.07, 6.45) is 2.51. The summed E-state index contributed by atoms with van der Waals surface area (Å²) in [4.78, 5) is 27.6. The summed E-state index contributed by atoms with van der Waals surface area (Å²) >= 11 is 12.9. The number of hydrogen-bond donors (Lipinski definition) is 1. The lowest BCUT2D eigenvalue weighted by Gasteiger charge is -2.14. The Morgan fingerprint density at radius 2 is 1.89 bits per heavy atom. The van der Waals surface area contributed by atoms with E-state index in [9.17, 15) is 9.59 Å². The van der Waals surface area contributed by atoms with Gasteiger partial charge in [0.15, 0.2) is 18.1 Å². The van der Waals surface area contributed by atoms with Gasteiger partial charge in [-0.05, 0) is 60.4 Å². The Morgan fingerprint density at radius 1 is 1.11 bits per heavy atom. The molecule has 4 rings (SSSR count). The lowest BCUT2D eigenvalue weighted by atomic mass is 10.1. The lowest BCUT2D eigenvalue weighted by Crippen LogP contribution is -2.30. The van der Waals surface area contributed by atoms with Crippen LogP contribution in [0.5, 0.6) is 11.5 Å². The van der Waals surface area contributed by atoms with Crippen molar-refractivity contribution < 1.29 is 19.1 Å². The minimum Gasteiger partial charge on any atom is -0.493 e. The minimum atomic E-state index is -0.323. The van der Waals surface area contributed by atoms with E-state index in [4.69, 9.17) is 33.3 Å². The zero-order valence-corrected chi connectivity index (χ0v) is 22.7. The number of carbonyl (C=O) groups excluding carboxylic acids is 2. The number of anilines is 1. The zero-order valence-electron chi connectivity index (χ0n) is 20.3. The number of halogens is 1. The highest BCUT2D eigenvalue weighted by atomic mass is 35.5. The first kappa shape index (κ1) is 26.7. The molecule has 1 saturated heterocycles. The largest absolute Gasteiger partial charge is 0.493 e. The summed E-state index contributed by atoms with van der Waals surface area (Å²) < 4.78 is 11.7. The van der Waals surface area contributed by atoms with Crippen LogP contribution in [0.15, 0.2) is 71.6 Å². The van der Waals surface area contributed by atoms with Gasteiger partial charge in [0.25, 0.3) is 11.8 Å². The number of amides is 2. The average Bonchev–Trinajstić information content (AvgIpc) is 3.16. The van der Waals surface area contributed by atoms with E-state index in [1.807, 2.05) is 37.3 Å². The summed E-state index contributed by atoms with van der Waals surface area (Å²) in [7, 11) is 1.52. The van der Waals surface area contributed by atoms with Crippen LogP contribution in [0.1, 0.15) is 16.7 Å². The van der Waals surface area contributed by atoms with Crippen LogP contribution in [0, 0.1) is 6.92 Å². The van der Waals surface area contributed by atoms with E-state index < -0.39 is 0 Å². The van der Waals surface area contributed by atoms with Crippen molar-refractivity contribution >= 4 is 63.5 Å². The molecule has 3 aromatic rings. The van der Waals surface area contributed by atoms with E-state index in [0.29, 0.717) is 38.0 Å². The van der Waals surface area contributed by atoms with Gasteiger partial charge in [-0.3, -0.25) is 14.5 Å². The smallest absolute Gasteiger partial charge is 0.266 e. The van der Waals surface area contributed by atoms with Gasteiger partial charge >= 0.3 is 0 Å². The highest BCUT2D eigenvalue weighted by Gasteiger charge is 2.31. The van der Waals surface area contributed by atoms with Crippen LogP contribution in [0.25, 0.3) is 6.08 Å². The molecule has 37 heavy (non-hydrogen) atoms. The van der Waals surface area contributed by atoms with E-state index >= 15 is 0 Å². The fourth-order valence-electron chi connectivity index (χ4n) is 3.70. The fourth-order valence-corrected chi connectivity index (χ4v) is 5.18. The van der Waals surface area contributed by atoms with Crippen molar-refractivity contribution in [2.24, 2.45) is 0 Å². The first-order valence-corrected chi connectivity index (χ1v) is 13.1. The minimum absolute atomic E-state index is 0.113. The first-order chi connectivity index (χ1) is 17.9. The van der Waals surface area contributed by atoms with Crippen molar-refractivity contribution in [3.05, 3.63) is 93.3 Å². The predicted octanol–water partition coefficient (Wildman–Crippen LogP) is 6.12. The van der Waals surface area contributed by atoms with Crippen molar-refractivity contribution in [1.29, 1.82) is 0 Å². The molecule has 0 atom stereocenters. The number of methoxy groups -OCH3 is 1. The van der Waals surface area contributed by atoms with Gasteiger partial charge in [0.2, 0.25) is 0 Å². The van der Waals surface area contributed by atoms with Crippen molar-refractivity contribution in [3.63, 3.8) is 0 Å². The molecule has 6 nitrogen and oxygen atoms in total. The van der Waals surface area contributed by atoms with Crippen LogP contribution in [0.3, 0.4) is 0 Å². The number of hydrogen-bond acceptors (Lipinski definition) is 6. The molecule has 0 aliphatic carbocycles. The van der Waals surface area contributed by atoms with Crippen LogP contribution < -0.4 is 14.8 Å². The Balaban J connectivity index is 1.39. The lowest BCUT2D eigenvalue weighted by molar-refractivity contribution is -0.122. The third-order valence-electron chi connectivity index (χ3n) is 5.73. The van der Waals surface area contributed by atoms with E-state index in [1.54, 1.807) is 47.4 Å². The van der Waals surface area contributed by atoms with E-state index in [0.717, 1.165) is 23.1 Å². The van der Waals surface area contributed by atoms with Crippen molar-refractivity contribution in [2.45, 2.75) is 13.3 Å². The second-order valence-electron chi connectivity index (χ2n) is 8.23. The molecule has 3 aromatic carbocycles. The molecule has 1 heterocycles. The van der Waals surface area contributed by atoms with Crippen molar-refractivity contribution in [1.82, 2.24) is 4.90 Å². The Morgan fingerprint density at radius 3 is 2.65 bits per heavy atom. The van der Waals surface area contributed by atoms with Gasteiger partial charge in [-0.1, -0.05) is 78.0 Å². The summed E-state index contributed by atoms with van der Waals surface area (Å²) in [6, 6.07) is 20.6. The van der Waals surface area contributed by atoms with Gasteiger partial charge in [-0.2, -0.15) is 0 Å².